The summed E-state index contributed by atoms with van der Waals surface area (Å²) in [4.78, 5) is 26.9. The molecule has 0 radical (unpaired) electrons. The lowest BCUT2D eigenvalue weighted by Gasteiger charge is -2.31. The molecule has 0 aliphatic carbocycles. The maximum Gasteiger partial charge on any atom is 0.248 e. The van der Waals surface area contributed by atoms with E-state index in [-0.39, 0.29) is 5.91 Å². The highest BCUT2D eigenvalue weighted by atomic mass is 35.5. The van der Waals surface area contributed by atoms with Gasteiger partial charge in [0.2, 0.25) is 5.91 Å². The number of nitriles is 1. The summed E-state index contributed by atoms with van der Waals surface area (Å²) in [6, 6.07) is 15.5. The second kappa shape index (κ2) is 14.8. The fraction of sp³-hybridized carbons (Fsp3) is 0.306. The summed E-state index contributed by atoms with van der Waals surface area (Å²) in [5.41, 5.74) is 4.99. The van der Waals surface area contributed by atoms with Gasteiger partial charge in [-0.1, -0.05) is 30.7 Å². The third-order valence-electron chi connectivity index (χ3n) is 8.32. The standard InChI is InChI=1S/C36H38ClN9O2/c1-4-30-28(21-38)36(40-26-17-24-22-46(43-35(24)29(37)18-26)23-25-9-6-7-11-39-25)27-19-32(33(48-5-2)20-31(27)41-30)42-34(47)10-8-12-45-15-13-44(3)14-16-45/h6-11,17-20,22H,4-5,12-16,23H2,1-3H3,(H,40,41)(H,42,47)/b10-8+. The van der Waals surface area contributed by atoms with Crippen molar-refractivity contribution in [1.82, 2.24) is 29.5 Å². The molecule has 0 atom stereocenters. The van der Waals surface area contributed by atoms with Gasteiger partial charge in [0.25, 0.3) is 0 Å². The van der Waals surface area contributed by atoms with E-state index in [0.29, 0.717) is 81.6 Å². The number of carbonyl (C=O) groups is 1. The van der Waals surface area contributed by atoms with Crippen LogP contribution in [0.15, 0.2) is 67.0 Å². The number of fused-ring (bicyclic) bond motifs is 2. The summed E-state index contributed by atoms with van der Waals surface area (Å²) in [5, 5.41) is 23.4. The molecule has 2 aromatic carbocycles. The molecule has 3 aromatic heterocycles. The Hall–Kier alpha value is -5.02. The van der Waals surface area contributed by atoms with Crippen molar-refractivity contribution >= 4 is 56.4 Å². The number of amides is 1. The van der Waals surface area contributed by atoms with E-state index in [1.165, 1.54) is 0 Å². The summed E-state index contributed by atoms with van der Waals surface area (Å²) in [6.07, 6.45) is 7.67. The molecule has 0 saturated carbocycles. The second-order valence-corrected chi connectivity index (χ2v) is 12.1. The monoisotopic (exact) mass is 663 g/mol. The topological polar surface area (TPSA) is 124 Å². The maximum absolute atomic E-state index is 13.1. The van der Waals surface area contributed by atoms with Crippen LogP contribution >= 0.6 is 11.6 Å². The Bertz CT molecular complexity index is 2010. The molecule has 6 rings (SSSR count). The van der Waals surface area contributed by atoms with Crippen LogP contribution < -0.4 is 15.4 Å². The van der Waals surface area contributed by atoms with Crippen molar-refractivity contribution in [3.63, 3.8) is 0 Å². The number of nitrogens with zero attached hydrogens (tertiary/aromatic N) is 7. The molecule has 2 N–H and O–H groups in total. The van der Waals surface area contributed by atoms with E-state index in [2.05, 4.69) is 43.6 Å². The highest BCUT2D eigenvalue weighted by molar-refractivity contribution is 6.35. The molecule has 246 valence electrons. The van der Waals surface area contributed by atoms with Crippen molar-refractivity contribution in [3.8, 4) is 11.8 Å². The third kappa shape index (κ3) is 7.42. The largest absolute Gasteiger partial charge is 0.492 e. The predicted molar refractivity (Wildman–Crippen MR) is 190 cm³/mol. The van der Waals surface area contributed by atoms with Crippen LogP contribution in [0.4, 0.5) is 17.1 Å². The second-order valence-electron chi connectivity index (χ2n) is 11.7. The van der Waals surface area contributed by atoms with Crippen molar-refractivity contribution < 1.29 is 9.53 Å². The van der Waals surface area contributed by atoms with Gasteiger partial charge in [0, 0.05) is 73.7 Å². The molecule has 0 bridgehead atoms. The predicted octanol–water partition coefficient (Wildman–Crippen LogP) is 6.00. The SMILES string of the molecule is CCOc1cc2nc(CC)c(C#N)c(Nc3cc(Cl)c4nn(Cc5ccccn5)cc4c3)c2cc1NC(=O)/C=C/CN1CCN(C)CC1. The number of pyridine rings is 2. The molecule has 1 saturated heterocycles. The third-order valence-corrected chi connectivity index (χ3v) is 8.61. The summed E-state index contributed by atoms with van der Waals surface area (Å²) in [7, 11) is 2.12. The molecule has 1 fully saturated rings. The Morgan fingerprint density at radius 2 is 1.98 bits per heavy atom. The zero-order chi connectivity index (χ0) is 33.6. The number of aryl methyl sites for hydroxylation is 1. The van der Waals surface area contributed by atoms with Crippen LogP contribution in [-0.2, 0) is 17.8 Å². The van der Waals surface area contributed by atoms with Crippen molar-refractivity contribution in [2.75, 3.05) is 57.0 Å². The number of halogens is 1. The van der Waals surface area contributed by atoms with Crippen molar-refractivity contribution in [1.29, 1.82) is 5.26 Å². The number of anilines is 3. The molecule has 11 nitrogen and oxygen atoms in total. The number of piperazine rings is 1. The van der Waals surface area contributed by atoms with Crippen LogP contribution in [-0.4, -0.2) is 81.8 Å². The van der Waals surface area contributed by atoms with Crippen LogP contribution in [0, 0.1) is 11.3 Å². The van der Waals surface area contributed by atoms with Gasteiger partial charge in [-0.15, -0.1) is 0 Å². The van der Waals surface area contributed by atoms with E-state index in [1.54, 1.807) is 18.3 Å². The highest BCUT2D eigenvalue weighted by Gasteiger charge is 2.19. The number of aromatic nitrogens is 4. The zero-order valence-corrected chi connectivity index (χ0v) is 28.1. The molecule has 48 heavy (non-hydrogen) atoms. The van der Waals surface area contributed by atoms with E-state index in [9.17, 15) is 10.1 Å². The van der Waals surface area contributed by atoms with Gasteiger partial charge in [-0.3, -0.25) is 24.3 Å². The van der Waals surface area contributed by atoms with Gasteiger partial charge in [-0.2, -0.15) is 10.4 Å². The molecule has 1 aliphatic rings. The fourth-order valence-corrected chi connectivity index (χ4v) is 6.10. The lowest BCUT2D eigenvalue weighted by Crippen LogP contribution is -2.44. The van der Waals surface area contributed by atoms with Crippen LogP contribution in [0.5, 0.6) is 5.75 Å². The molecule has 1 amide bonds. The van der Waals surface area contributed by atoms with Crippen molar-refractivity contribution in [2.45, 2.75) is 26.8 Å². The van der Waals surface area contributed by atoms with Gasteiger partial charge in [0.1, 0.15) is 17.3 Å². The van der Waals surface area contributed by atoms with Crippen LogP contribution in [0.2, 0.25) is 5.02 Å². The molecular formula is C36H38ClN9O2. The first-order chi connectivity index (χ1) is 23.3. The Labute approximate surface area is 284 Å². The van der Waals surface area contributed by atoms with Crippen molar-refractivity contribution in [3.05, 3.63) is 89.0 Å². The lowest BCUT2D eigenvalue weighted by molar-refractivity contribution is -0.111. The van der Waals surface area contributed by atoms with Crippen molar-refractivity contribution in [2.24, 2.45) is 0 Å². The number of benzene rings is 2. The maximum atomic E-state index is 13.1. The van der Waals surface area contributed by atoms with E-state index in [4.69, 9.17) is 21.3 Å². The smallest absolute Gasteiger partial charge is 0.248 e. The minimum Gasteiger partial charge on any atom is -0.492 e. The number of likely N-dealkylation sites (N-methyl/N-ethyl adjacent to an activating group) is 1. The van der Waals surface area contributed by atoms with E-state index in [1.807, 2.05) is 67.2 Å². The fourth-order valence-electron chi connectivity index (χ4n) is 5.83. The Kier molecular flexibility index (Phi) is 10.2. The number of nitrogens with one attached hydrogen (secondary N) is 2. The molecule has 4 heterocycles. The number of rotatable bonds is 11. The number of hydrogen-bond acceptors (Lipinski definition) is 9. The Morgan fingerprint density at radius 1 is 1.15 bits per heavy atom. The van der Waals surface area contributed by atoms with Crippen LogP contribution in [0.25, 0.3) is 21.8 Å². The quantitative estimate of drug-likeness (QED) is 0.164. The number of hydrogen-bond donors (Lipinski definition) is 2. The molecule has 12 heteroatoms. The minimum absolute atomic E-state index is 0.266. The van der Waals surface area contributed by atoms with Crippen LogP contribution in [0.1, 0.15) is 30.8 Å². The molecule has 1 aliphatic heterocycles. The molecule has 0 spiro atoms. The summed E-state index contributed by atoms with van der Waals surface area (Å²) >= 11 is 6.75. The first-order valence-electron chi connectivity index (χ1n) is 16.1. The summed E-state index contributed by atoms with van der Waals surface area (Å²) < 4.78 is 7.75. The van der Waals surface area contributed by atoms with Gasteiger partial charge in [-0.05, 0) is 50.7 Å². The first kappa shape index (κ1) is 32.9. The van der Waals surface area contributed by atoms with Gasteiger partial charge in [0.05, 0.1) is 52.0 Å². The number of ether oxygens (including phenoxy) is 1. The number of carbonyl (C=O) groups excluding carboxylic acids is 1. The minimum atomic E-state index is -0.266. The van der Waals surface area contributed by atoms with Crippen LogP contribution in [0.3, 0.4) is 0 Å². The summed E-state index contributed by atoms with van der Waals surface area (Å²) in [6.45, 7) is 9.43. The van der Waals surface area contributed by atoms with E-state index >= 15 is 0 Å². The normalized spacial score (nSPS) is 14.1. The van der Waals surface area contributed by atoms with E-state index in [0.717, 1.165) is 37.3 Å². The average molecular weight is 664 g/mol. The molecule has 0 unspecified atom stereocenters. The van der Waals surface area contributed by atoms with Gasteiger partial charge in [-0.25, -0.2) is 0 Å². The van der Waals surface area contributed by atoms with Gasteiger partial charge >= 0.3 is 0 Å². The first-order valence-corrected chi connectivity index (χ1v) is 16.5. The van der Waals surface area contributed by atoms with Gasteiger partial charge < -0.3 is 20.3 Å². The lowest BCUT2D eigenvalue weighted by atomic mass is 10.0. The van der Waals surface area contributed by atoms with Gasteiger partial charge in [0.15, 0.2) is 0 Å². The Balaban J connectivity index is 1.33. The highest BCUT2D eigenvalue weighted by Crippen LogP contribution is 2.38. The zero-order valence-electron chi connectivity index (χ0n) is 27.3. The average Bonchev–Trinajstić information content (AvgIpc) is 3.49. The summed E-state index contributed by atoms with van der Waals surface area (Å²) in [5.74, 6) is 0.235. The molecular weight excluding hydrogens is 626 g/mol. The Morgan fingerprint density at radius 3 is 2.71 bits per heavy atom. The van der Waals surface area contributed by atoms with E-state index < -0.39 is 0 Å². The molecule has 5 aromatic rings.